The third-order valence-corrected chi connectivity index (χ3v) is 5.06. The molecule has 29 heavy (non-hydrogen) atoms. The van der Waals surface area contributed by atoms with E-state index in [0.29, 0.717) is 34.3 Å². The molecule has 4 rings (SSSR count). The van der Waals surface area contributed by atoms with Gasteiger partial charge in [-0.2, -0.15) is 0 Å². The van der Waals surface area contributed by atoms with Crippen LogP contribution in [0.25, 0.3) is 10.3 Å². The predicted molar refractivity (Wildman–Crippen MR) is 115 cm³/mol. The molecule has 0 bridgehead atoms. The van der Waals surface area contributed by atoms with Gasteiger partial charge in [-0.1, -0.05) is 18.3 Å². The molecule has 0 fully saturated rings. The van der Waals surface area contributed by atoms with Crippen LogP contribution in [0.15, 0.2) is 24.5 Å². The molecule has 1 aliphatic heterocycles. The average molecular weight is 417 g/mol. The highest BCUT2D eigenvalue weighted by atomic mass is 32.1. The number of amides is 1. The van der Waals surface area contributed by atoms with Crippen LogP contribution in [0, 0.1) is 5.82 Å². The summed E-state index contributed by atoms with van der Waals surface area (Å²) in [5.41, 5.74) is 2.47. The van der Waals surface area contributed by atoms with E-state index < -0.39 is 0 Å². The lowest BCUT2D eigenvalue weighted by Gasteiger charge is -2.18. The summed E-state index contributed by atoms with van der Waals surface area (Å²) in [6.07, 6.45) is 3.08. The van der Waals surface area contributed by atoms with Gasteiger partial charge in [0.2, 0.25) is 0 Å². The Bertz CT molecular complexity index is 1000. The van der Waals surface area contributed by atoms with Gasteiger partial charge in [-0.25, -0.2) is 19.3 Å². The Morgan fingerprint density at radius 1 is 1.31 bits per heavy atom. The maximum Gasteiger partial charge on any atom is 0.280 e. The van der Waals surface area contributed by atoms with Crippen molar-refractivity contribution in [1.82, 2.24) is 25.2 Å². The number of benzene rings is 1. The van der Waals surface area contributed by atoms with Crippen LogP contribution in [0.3, 0.4) is 0 Å². The normalized spacial score (nSPS) is 12.7. The Morgan fingerprint density at radius 2 is 2.07 bits per heavy atom. The van der Waals surface area contributed by atoms with E-state index in [1.54, 1.807) is 12.1 Å². The molecule has 3 heterocycles. The van der Waals surface area contributed by atoms with Gasteiger partial charge < -0.3 is 15.1 Å². The van der Waals surface area contributed by atoms with Gasteiger partial charge in [0.15, 0.2) is 10.8 Å². The molecule has 9 heteroatoms. The minimum absolute atomic E-state index is 0.195. The number of carbonyl (C=O) groups is 1. The van der Waals surface area contributed by atoms with E-state index in [0.717, 1.165) is 24.1 Å². The van der Waals surface area contributed by atoms with Crippen molar-refractivity contribution in [3.63, 3.8) is 0 Å². The second-order valence-electron chi connectivity index (χ2n) is 7.14. The number of halogens is 1. The van der Waals surface area contributed by atoms with Gasteiger partial charge in [0.25, 0.3) is 5.91 Å². The van der Waals surface area contributed by atoms with E-state index in [1.807, 2.05) is 37.9 Å². The molecule has 0 saturated heterocycles. The number of hydrogen-bond acceptors (Lipinski definition) is 7. The van der Waals surface area contributed by atoms with Crippen molar-refractivity contribution in [2.75, 3.05) is 39.1 Å². The van der Waals surface area contributed by atoms with E-state index in [-0.39, 0.29) is 11.7 Å². The molecule has 1 amide bonds. The van der Waals surface area contributed by atoms with Crippen LogP contribution in [0.4, 0.5) is 15.9 Å². The topological polar surface area (TPSA) is 74.2 Å². The molecule has 1 aromatic carbocycles. The molecule has 0 aliphatic carbocycles. The van der Waals surface area contributed by atoms with Crippen LogP contribution in [-0.4, -0.2) is 60.0 Å². The van der Waals surface area contributed by atoms with E-state index >= 15 is 0 Å². The summed E-state index contributed by atoms with van der Waals surface area (Å²) in [5, 5.41) is 3.20. The lowest BCUT2D eigenvalue weighted by Crippen LogP contribution is -2.23. The first-order valence-electron chi connectivity index (χ1n) is 9.47. The molecule has 0 spiro atoms. The fourth-order valence-electron chi connectivity index (χ4n) is 2.94. The molecule has 0 saturated carbocycles. The van der Waals surface area contributed by atoms with Gasteiger partial charge in [-0.15, -0.1) is 0 Å². The van der Waals surface area contributed by atoms with Crippen molar-refractivity contribution in [1.29, 1.82) is 0 Å². The Hall–Kier alpha value is -2.65. The largest absolute Gasteiger partial charge is 0.350 e. The Morgan fingerprint density at radius 3 is 2.79 bits per heavy atom. The van der Waals surface area contributed by atoms with Gasteiger partial charge in [0, 0.05) is 18.8 Å². The van der Waals surface area contributed by atoms with E-state index in [2.05, 4.69) is 20.3 Å². The van der Waals surface area contributed by atoms with Gasteiger partial charge in [-0.05, 0) is 57.7 Å². The van der Waals surface area contributed by atoms with Crippen molar-refractivity contribution >= 4 is 39.1 Å². The minimum atomic E-state index is -0.239. The van der Waals surface area contributed by atoms with Crippen LogP contribution < -0.4 is 10.2 Å². The van der Waals surface area contributed by atoms with Crippen LogP contribution in [0.5, 0.6) is 0 Å². The summed E-state index contributed by atoms with van der Waals surface area (Å²) in [6.45, 7) is 3.30. The van der Waals surface area contributed by atoms with Crippen molar-refractivity contribution in [3.05, 3.63) is 40.9 Å². The van der Waals surface area contributed by atoms with E-state index in [4.69, 9.17) is 0 Å². The highest BCUT2D eigenvalue weighted by molar-refractivity contribution is 7.19. The number of aromatic nitrogens is 3. The SMILES string of the molecule is CCCNC(=O)c1nc2c(N3CCc4cc(F)ccc43)ncnc2s1.CN(C)C. The molecule has 2 aromatic heterocycles. The molecule has 154 valence electrons. The monoisotopic (exact) mass is 416 g/mol. The summed E-state index contributed by atoms with van der Waals surface area (Å²) < 4.78 is 13.4. The zero-order chi connectivity index (χ0) is 21.0. The second kappa shape index (κ2) is 9.23. The first-order valence-corrected chi connectivity index (χ1v) is 10.3. The molecule has 0 unspecified atom stereocenters. The maximum absolute atomic E-state index is 13.4. The first kappa shape index (κ1) is 21.1. The number of anilines is 2. The van der Waals surface area contributed by atoms with Crippen molar-refractivity contribution in [3.8, 4) is 0 Å². The third kappa shape index (κ3) is 4.86. The number of fused-ring (bicyclic) bond motifs is 2. The smallest absolute Gasteiger partial charge is 0.280 e. The lowest BCUT2D eigenvalue weighted by atomic mass is 10.2. The van der Waals surface area contributed by atoms with Crippen LogP contribution in [-0.2, 0) is 6.42 Å². The molecule has 0 radical (unpaired) electrons. The highest BCUT2D eigenvalue weighted by Crippen LogP contribution is 2.37. The van der Waals surface area contributed by atoms with Crippen molar-refractivity contribution in [2.24, 2.45) is 0 Å². The summed E-state index contributed by atoms with van der Waals surface area (Å²) in [5.74, 6) is 0.220. The number of thiazole rings is 1. The quantitative estimate of drug-likeness (QED) is 0.704. The predicted octanol–water partition coefficient (Wildman–Crippen LogP) is 3.24. The summed E-state index contributed by atoms with van der Waals surface area (Å²) >= 11 is 1.25. The number of carbonyl (C=O) groups excluding carboxylic acids is 1. The molecule has 7 nitrogen and oxygen atoms in total. The number of nitrogens with zero attached hydrogens (tertiary/aromatic N) is 5. The average Bonchev–Trinajstić information content (AvgIpc) is 3.29. The fourth-order valence-corrected chi connectivity index (χ4v) is 3.76. The maximum atomic E-state index is 13.4. The van der Waals surface area contributed by atoms with Crippen LogP contribution in [0.2, 0.25) is 0 Å². The Kier molecular flexibility index (Phi) is 6.71. The summed E-state index contributed by atoms with van der Waals surface area (Å²) in [6, 6.07) is 4.76. The zero-order valence-electron chi connectivity index (χ0n) is 17.1. The first-order chi connectivity index (χ1) is 13.9. The van der Waals surface area contributed by atoms with Crippen molar-refractivity contribution in [2.45, 2.75) is 19.8 Å². The van der Waals surface area contributed by atoms with Crippen LogP contribution in [0.1, 0.15) is 28.7 Å². The van der Waals surface area contributed by atoms with Gasteiger partial charge >= 0.3 is 0 Å². The summed E-state index contributed by atoms with van der Waals surface area (Å²) in [7, 11) is 6.00. The number of nitrogens with one attached hydrogen (secondary N) is 1. The molecular formula is C20H25FN6OS. The molecular weight excluding hydrogens is 391 g/mol. The zero-order valence-corrected chi connectivity index (χ0v) is 17.9. The molecule has 1 aliphatic rings. The van der Waals surface area contributed by atoms with Gasteiger partial charge in [0.1, 0.15) is 22.5 Å². The molecule has 0 atom stereocenters. The number of hydrogen-bond donors (Lipinski definition) is 1. The minimum Gasteiger partial charge on any atom is -0.350 e. The second-order valence-corrected chi connectivity index (χ2v) is 8.12. The van der Waals surface area contributed by atoms with Crippen molar-refractivity contribution < 1.29 is 9.18 Å². The molecule has 1 N–H and O–H groups in total. The van der Waals surface area contributed by atoms with Crippen LogP contribution >= 0.6 is 11.3 Å². The summed E-state index contributed by atoms with van der Waals surface area (Å²) in [4.78, 5) is 29.9. The Balaban J connectivity index is 0.000000552. The third-order valence-electron chi connectivity index (χ3n) is 4.10. The number of rotatable bonds is 4. The molecule has 3 aromatic rings. The lowest BCUT2D eigenvalue weighted by molar-refractivity contribution is 0.0953. The Labute approximate surface area is 173 Å². The highest BCUT2D eigenvalue weighted by Gasteiger charge is 2.25. The van der Waals surface area contributed by atoms with E-state index in [9.17, 15) is 9.18 Å². The van der Waals surface area contributed by atoms with Gasteiger partial charge in [-0.3, -0.25) is 4.79 Å². The fraction of sp³-hybridized carbons (Fsp3) is 0.400. The van der Waals surface area contributed by atoms with E-state index in [1.165, 1.54) is 23.7 Å². The van der Waals surface area contributed by atoms with Gasteiger partial charge in [0.05, 0.1) is 0 Å². The standard InChI is InChI=1S/C17H16FN5OS.C3H9N/c1-2-6-19-15(24)17-22-13-14(20-9-21-16(13)25-17)23-7-5-10-8-11(18)3-4-12(10)23;1-4(2)3/h3-4,8-9H,2,5-7H2,1H3,(H,19,24);1-3H3.